The van der Waals surface area contributed by atoms with Gasteiger partial charge in [0.2, 0.25) is 0 Å². The maximum atomic E-state index is 11.0. The molecule has 1 aromatic carbocycles. The van der Waals surface area contributed by atoms with Crippen LogP contribution in [0, 0.1) is 0 Å². The third-order valence-corrected chi connectivity index (χ3v) is 4.25. The van der Waals surface area contributed by atoms with Gasteiger partial charge in [-0.25, -0.2) is 4.79 Å². The van der Waals surface area contributed by atoms with Crippen molar-refractivity contribution in [2.24, 2.45) is 0 Å². The average Bonchev–Trinajstić information content (AvgIpc) is 2.64. The van der Waals surface area contributed by atoms with Gasteiger partial charge in [-0.05, 0) is 44.2 Å². The van der Waals surface area contributed by atoms with Gasteiger partial charge in [0.25, 0.3) is 0 Å². The maximum Gasteiger partial charge on any atom is 0.331 e. The van der Waals surface area contributed by atoms with Crippen LogP contribution < -0.4 is 0 Å². The summed E-state index contributed by atoms with van der Waals surface area (Å²) in [6, 6.07) is 3.69. The zero-order valence-electron chi connectivity index (χ0n) is 11.9. The van der Waals surface area contributed by atoms with Crippen LogP contribution in [-0.2, 0) is 17.8 Å². The van der Waals surface area contributed by atoms with E-state index in [1.807, 2.05) is 19.2 Å². The first-order valence-electron chi connectivity index (χ1n) is 6.80. The van der Waals surface area contributed by atoms with E-state index in [1.165, 1.54) is 0 Å². The zero-order valence-corrected chi connectivity index (χ0v) is 12.7. The van der Waals surface area contributed by atoms with E-state index in [1.54, 1.807) is 13.0 Å². The fourth-order valence-corrected chi connectivity index (χ4v) is 3.00. The molecule has 0 aliphatic carbocycles. The van der Waals surface area contributed by atoms with Gasteiger partial charge in [-0.15, -0.1) is 0 Å². The standard InChI is InChI=1S/C16H16ClNO3/c1-9(16(19)20)7-14-11-8-18(2)6-5-10-12(17)3-4-13(21-14)15(10)11/h3-4,7H,5-6,8H2,1-2H3,(H,19,20). The highest BCUT2D eigenvalue weighted by Gasteiger charge is 2.22. The van der Waals surface area contributed by atoms with Crippen molar-refractivity contribution in [2.75, 3.05) is 13.6 Å². The number of carbonyl (C=O) groups is 1. The van der Waals surface area contributed by atoms with Crippen LogP contribution in [0.2, 0.25) is 5.02 Å². The number of likely N-dealkylation sites (N-methyl/N-ethyl adjacent to an activating group) is 1. The van der Waals surface area contributed by atoms with E-state index in [2.05, 4.69) is 4.90 Å². The highest BCUT2D eigenvalue weighted by atomic mass is 35.5. The van der Waals surface area contributed by atoms with Gasteiger partial charge in [0.05, 0.1) is 0 Å². The SMILES string of the molecule is CC(=Cc1oc2ccc(Cl)c3c2c1CN(C)CC3)C(=O)O. The van der Waals surface area contributed by atoms with Crippen molar-refractivity contribution in [1.29, 1.82) is 0 Å². The topological polar surface area (TPSA) is 53.7 Å². The summed E-state index contributed by atoms with van der Waals surface area (Å²) >= 11 is 6.33. The number of benzene rings is 1. The Kier molecular flexibility index (Phi) is 3.51. The summed E-state index contributed by atoms with van der Waals surface area (Å²) in [7, 11) is 2.04. The third-order valence-electron chi connectivity index (χ3n) is 3.89. The van der Waals surface area contributed by atoms with Crippen molar-refractivity contribution in [3.05, 3.63) is 39.6 Å². The Labute approximate surface area is 127 Å². The van der Waals surface area contributed by atoms with Crippen LogP contribution in [0.4, 0.5) is 0 Å². The smallest absolute Gasteiger partial charge is 0.331 e. The fraction of sp³-hybridized carbons (Fsp3) is 0.312. The van der Waals surface area contributed by atoms with Gasteiger partial charge in [0.15, 0.2) is 0 Å². The Balaban J connectivity index is 2.28. The van der Waals surface area contributed by atoms with Gasteiger partial charge in [-0.2, -0.15) is 0 Å². The van der Waals surface area contributed by atoms with Gasteiger partial charge < -0.3 is 14.4 Å². The average molecular weight is 306 g/mol. The molecule has 0 fully saturated rings. The quantitative estimate of drug-likeness (QED) is 0.862. The van der Waals surface area contributed by atoms with Crippen molar-refractivity contribution >= 4 is 34.6 Å². The molecule has 0 atom stereocenters. The van der Waals surface area contributed by atoms with Crippen molar-refractivity contribution in [1.82, 2.24) is 4.90 Å². The first-order chi connectivity index (χ1) is 9.97. The summed E-state index contributed by atoms with van der Waals surface area (Å²) < 4.78 is 5.87. The van der Waals surface area contributed by atoms with E-state index in [0.717, 1.165) is 46.6 Å². The Bertz CT molecular complexity index is 760. The van der Waals surface area contributed by atoms with Crippen LogP contribution >= 0.6 is 11.6 Å². The summed E-state index contributed by atoms with van der Waals surface area (Å²) in [4.78, 5) is 13.2. The van der Waals surface area contributed by atoms with Crippen LogP contribution in [0.5, 0.6) is 0 Å². The zero-order chi connectivity index (χ0) is 15.1. The largest absolute Gasteiger partial charge is 0.478 e. The molecule has 0 unspecified atom stereocenters. The first-order valence-corrected chi connectivity index (χ1v) is 7.18. The van der Waals surface area contributed by atoms with Crippen molar-refractivity contribution in [3.8, 4) is 0 Å². The summed E-state index contributed by atoms with van der Waals surface area (Å²) in [5.74, 6) is -0.329. The minimum atomic E-state index is -0.942. The number of hydrogen-bond acceptors (Lipinski definition) is 3. The number of rotatable bonds is 2. The van der Waals surface area contributed by atoms with Gasteiger partial charge in [-0.3, -0.25) is 0 Å². The minimum absolute atomic E-state index is 0.254. The van der Waals surface area contributed by atoms with Crippen LogP contribution in [0.15, 0.2) is 22.1 Å². The molecule has 2 heterocycles. The number of carboxylic acid groups (broad SMARTS) is 1. The lowest BCUT2D eigenvalue weighted by Gasteiger charge is -2.13. The van der Waals surface area contributed by atoms with Crippen LogP contribution in [0.3, 0.4) is 0 Å². The predicted molar refractivity (Wildman–Crippen MR) is 82.5 cm³/mol. The number of hydrogen-bond donors (Lipinski definition) is 1. The molecule has 4 nitrogen and oxygen atoms in total. The molecule has 1 aliphatic rings. The van der Waals surface area contributed by atoms with Crippen molar-refractivity contribution < 1.29 is 14.3 Å². The fourth-order valence-electron chi connectivity index (χ4n) is 2.75. The summed E-state index contributed by atoms with van der Waals surface area (Å²) in [5.41, 5.74) is 3.13. The Morgan fingerprint density at radius 3 is 2.90 bits per heavy atom. The van der Waals surface area contributed by atoms with Gasteiger partial charge in [-0.1, -0.05) is 11.6 Å². The molecular weight excluding hydrogens is 290 g/mol. The highest BCUT2D eigenvalue weighted by Crippen LogP contribution is 2.36. The monoisotopic (exact) mass is 305 g/mol. The summed E-state index contributed by atoms with van der Waals surface area (Å²) in [6.45, 7) is 3.20. The number of nitrogens with zero attached hydrogens (tertiary/aromatic N) is 1. The molecule has 1 aliphatic heterocycles. The second kappa shape index (κ2) is 5.20. The molecule has 0 bridgehead atoms. The lowest BCUT2D eigenvalue weighted by Crippen LogP contribution is -2.18. The second-order valence-electron chi connectivity index (χ2n) is 5.46. The molecule has 0 saturated heterocycles. The van der Waals surface area contributed by atoms with Crippen molar-refractivity contribution in [2.45, 2.75) is 19.9 Å². The first kappa shape index (κ1) is 14.2. The predicted octanol–water partition coefficient (Wildman–Crippen LogP) is 3.56. The second-order valence-corrected chi connectivity index (χ2v) is 5.87. The molecule has 1 N–H and O–H groups in total. The molecule has 110 valence electrons. The Hall–Kier alpha value is -1.78. The van der Waals surface area contributed by atoms with Gasteiger partial charge in [0.1, 0.15) is 11.3 Å². The molecule has 0 saturated carbocycles. The lowest BCUT2D eigenvalue weighted by atomic mass is 10.0. The van der Waals surface area contributed by atoms with E-state index >= 15 is 0 Å². The van der Waals surface area contributed by atoms with E-state index in [-0.39, 0.29) is 5.57 Å². The van der Waals surface area contributed by atoms with Crippen LogP contribution in [0.1, 0.15) is 23.8 Å². The molecule has 0 spiro atoms. The van der Waals surface area contributed by atoms with Gasteiger partial charge >= 0.3 is 5.97 Å². The molecular formula is C16H16ClNO3. The van der Waals surface area contributed by atoms with Crippen LogP contribution in [-0.4, -0.2) is 29.6 Å². The molecule has 0 radical (unpaired) electrons. The Morgan fingerprint density at radius 2 is 2.19 bits per heavy atom. The van der Waals surface area contributed by atoms with E-state index in [0.29, 0.717) is 5.76 Å². The number of aliphatic carboxylic acids is 1. The molecule has 5 heteroatoms. The van der Waals surface area contributed by atoms with E-state index in [9.17, 15) is 4.79 Å². The highest BCUT2D eigenvalue weighted by molar-refractivity contribution is 6.32. The number of halogens is 1. The molecule has 21 heavy (non-hydrogen) atoms. The Morgan fingerprint density at radius 1 is 1.43 bits per heavy atom. The minimum Gasteiger partial charge on any atom is -0.478 e. The van der Waals surface area contributed by atoms with Crippen molar-refractivity contribution in [3.63, 3.8) is 0 Å². The van der Waals surface area contributed by atoms with E-state index in [4.69, 9.17) is 21.1 Å². The molecule has 2 aromatic rings. The summed E-state index contributed by atoms with van der Waals surface area (Å²) in [5, 5.41) is 10.8. The molecule has 0 amide bonds. The van der Waals surface area contributed by atoms with E-state index < -0.39 is 5.97 Å². The van der Waals surface area contributed by atoms with Gasteiger partial charge in [0, 0.05) is 34.6 Å². The summed E-state index contributed by atoms with van der Waals surface area (Å²) in [6.07, 6.45) is 2.45. The normalized spacial score (nSPS) is 16.2. The number of carboxylic acids is 1. The lowest BCUT2D eigenvalue weighted by molar-refractivity contribution is -0.132. The molecule has 1 aromatic heterocycles. The number of furan rings is 1. The van der Waals surface area contributed by atoms with Crippen LogP contribution in [0.25, 0.3) is 17.0 Å². The third kappa shape index (κ3) is 2.45. The maximum absolute atomic E-state index is 11.0. The molecule has 3 rings (SSSR count).